The summed E-state index contributed by atoms with van der Waals surface area (Å²) in [5.74, 6) is 3.89. The number of esters is 1. The minimum atomic E-state index is -3.02. The number of likely N-dealkylation sites (tertiary alicyclic amines) is 4. The third-order valence-electron chi connectivity index (χ3n) is 19.2. The van der Waals surface area contributed by atoms with Gasteiger partial charge in [0.1, 0.15) is 61.0 Å². The molecule has 2 amide bonds. The number of halogens is 6. The molecule has 6 aromatic rings. The number of carboxylic acids is 1. The SMILES string of the molecule is CN1CCCC1C(=O)OC1CCN(C(=O)C2CCC(Nc3nccc(-n4ccc5c(OCCCS(C)(=O)=O)cccc54)n3)CC2)CC1.CN1CCC[C@H]1C(=O)O.CS(=O)(=O)CCCOc1cccc2c1ccn2-c1ccnc(NC2CCC(C(=O)N3CCC(O)CC3)CC2)n1.I.II.I[I-]I. The molecule has 101 heavy (non-hydrogen) atoms. The molecule has 0 bridgehead atoms. The summed E-state index contributed by atoms with van der Waals surface area (Å²) in [6, 6.07) is 19.3. The fourth-order valence-electron chi connectivity index (χ4n) is 13.8. The van der Waals surface area contributed by atoms with Gasteiger partial charge in [-0.2, -0.15) is 9.97 Å². The summed E-state index contributed by atoms with van der Waals surface area (Å²) in [5.41, 5.74) is 1.86. The molecule has 2 aliphatic carbocycles. The fraction of sp³-hybridized carbons (Fsp3) is 0.588. The number of carbonyl (C=O) groups excluding carboxylic acids is 3. The minimum absolute atomic E-state index is 0. The second kappa shape index (κ2) is 42.5. The molecule has 2 aromatic carbocycles. The number of nitrogens with one attached hydrogen (secondary N) is 2. The van der Waals surface area contributed by atoms with E-state index in [-0.39, 0.29) is 101 Å². The summed E-state index contributed by atoms with van der Waals surface area (Å²) >= 11 is 9.54. The van der Waals surface area contributed by atoms with Gasteiger partial charge in [0.2, 0.25) is 23.7 Å². The van der Waals surface area contributed by atoms with Crippen molar-refractivity contribution in [1.82, 2.24) is 48.7 Å². The van der Waals surface area contributed by atoms with Gasteiger partial charge in [0.15, 0.2) is 0 Å². The molecule has 2 atom stereocenters. The number of piperidine rings is 2. The molecular formula is C68H95I6N12O13S2-. The molecule has 4 aliphatic heterocycles. The second-order valence-electron chi connectivity index (χ2n) is 26.5. The van der Waals surface area contributed by atoms with Crippen LogP contribution in [0, 0.1) is 11.8 Å². The summed E-state index contributed by atoms with van der Waals surface area (Å²) in [5, 5.41) is 27.1. The molecule has 560 valence electrons. The number of rotatable bonds is 21. The van der Waals surface area contributed by atoms with Crippen molar-refractivity contribution in [1.29, 1.82) is 0 Å². The molecule has 0 spiro atoms. The number of hydrogen-bond acceptors (Lipinski definition) is 20. The number of hydrogen-bond donors (Lipinski definition) is 4. The van der Waals surface area contributed by atoms with Crippen LogP contribution in [0.3, 0.4) is 0 Å². The molecule has 4 N–H and O–H groups in total. The topological polar surface area (TPSA) is 303 Å². The van der Waals surface area contributed by atoms with Crippen molar-refractivity contribution >= 4 is 176 Å². The van der Waals surface area contributed by atoms with Crippen LogP contribution in [0.2, 0.25) is 0 Å². The van der Waals surface area contributed by atoms with E-state index in [4.69, 9.17) is 29.3 Å². The monoisotopic (exact) mass is 2110 g/mol. The van der Waals surface area contributed by atoms with Crippen molar-refractivity contribution in [2.75, 3.05) is 101 Å². The normalized spacial score (nSPS) is 21.4. The van der Waals surface area contributed by atoms with Crippen LogP contribution in [0.5, 0.6) is 11.5 Å². The van der Waals surface area contributed by atoms with Crippen molar-refractivity contribution in [3.05, 3.63) is 85.5 Å². The van der Waals surface area contributed by atoms with Crippen LogP contribution < -0.4 is 33.4 Å². The Morgan fingerprint density at radius 2 is 0.980 bits per heavy atom. The predicted molar refractivity (Wildman–Crippen MR) is 434 cm³/mol. The van der Waals surface area contributed by atoms with Crippen LogP contribution in [-0.2, 0) is 43.6 Å². The van der Waals surface area contributed by atoms with E-state index in [1.807, 2.05) is 111 Å². The molecule has 6 fully saturated rings. The molecule has 4 aromatic heterocycles. The Hall–Kier alpha value is -3.08. The Morgan fingerprint density at radius 3 is 1.36 bits per heavy atom. The third-order valence-corrected chi connectivity index (χ3v) is 21.3. The van der Waals surface area contributed by atoms with Crippen molar-refractivity contribution in [2.45, 2.75) is 152 Å². The first-order chi connectivity index (χ1) is 48.0. The number of carboxylic acid groups (broad SMARTS) is 1. The summed E-state index contributed by atoms with van der Waals surface area (Å²) < 4.78 is 67.2. The van der Waals surface area contributed by atoms with Gasteiger partial charge >= 0.3 is 62.4 Å². The number of anilines is 2. The summed E-state index contributed by atoms with van der Waals surface area (Å²) in [4.78, 5) is 75.5. The van der Waals surface area contributed by atoms with Gasteiger partial charge in [-0.1, -0.05) is 12.1 Å². The molecule has 6 aliphatic rings. The number of carbonyl (C=O) groups is 4. The average Bonchev–Trinajstić information content (AvgIpc) is 1.66. The van der Waals surface area contributed by atoms with Crippen LogP contribution in [0.25, 0.3) is 33.4 Å². The number of aromatic nitrogens is 6. The third kappa shape index (κ3) is 26.1. The van der Waals surface area contributed by atoms with E-state index in [1.54, 1.807) is 12.4 Å². The van der Waals surface area contributed by atoms with Crippen molar-refractivity contribution in [3.8, 4) is 23.1 Å². The standard InChI is InChI=1S/C34H46N6O6S.C28H37N5O5S.C6H11NO2.I3.I2.HI/c1-38-18-4-7-29(38)33(42)46-26-14-19-39(20-15-26)32(41)24-9-11-25(12-10-24)36-34-35-17-13-31(37-34)40-21-16-27-28(40)6-3-8-30(27)45-22-5-23-47(2,43)44;1-39(36,37)19-3-18-38-25-5-2-4-24-23(25)13-17-33(24)26-10-14-29-28(31-26)30-21-8-6-20(7-9-21)27(35)32-15-11-22(34)12-16-32;1-7-4-2-3-5(7)6(8)9;1-3-2;1-2;/h3,6,8,13,16-17,21,24-26,29H,4-5,7,9-12,14-15,18-20,22-23H2,1-2H3,(H,35,36,37);2,4-5,10,13-14,17,20-22,34H,3,6-9,11-12,15-16,18-19H2,1H3,(H,29,30,31);5H,2-4H2,1H3,(H,8,9);;;1H/q;;;-1;;/t;;5-;;;/m..0.../s1. The number of sulfone groups is 2. The Balaban J connectivity index is 0.000000239. The van der Waals surface area contributed by atoms with E-state index in [1.165, 1.54) is 12.5 Å². The fourth-order valence-corrected chi connectivity index (χ4v) is 15.1. The zero-order chi connectivity index (χ0) is 71.9. The van der Waals surface area contributed by atoms with Crippen LogP contribution >= 0.6 is 98.4 Å². The molecule has 8 heterocycles. The van der Waals surface area contributed by atoms with E-state index >= 15 is 0 Å². The van der Waals surface area contributed by atoms with E-state index in [2.05, 4.69) is 100.0 Å². The maximum absolute atomic E-state index is 13.4. The predicted octanol–water partition coefficient (Wildman–Crippen LogP) is 8.35. The van der Waals surface area contributed by atoms with Crippen LogP contribution in [0.4, 0.5) is 11.9 Å². The van der Waals surface area contributed by atoms with Crippen molar-refractivity contribution < 1.29 is 73.7 Å². The number of ether oxygens (including phenoxy) is 3. The molecular weight excluding hydrogens is 2020 g/mol. The number of aliphatic hydroxyl groups is 1. The van der Waals surface area contributed by atoms with Gasteiger partial charge in [-0.05, 0) is 178 Å². The van der Waals surface area contributed by atoms with E-state index in [0.29, 0.717) is 115 Å². The number of nitrogens with zero attached hydrogens (tertiary/aromatic N) is 10. The first kappa shape index (κ1) is 85.2. The number of likely N-dealkylation sites (N-methyl/N-ethyl adjacent to an activating group) is 2. The number of benzene rings is 2. The molecule has 1 unspecified atom stereocenters. The van der Waals surface area contributed by atoms with E-state index in [9.17, 15) is 41.1 Å². The quantitative estimate of drug-likeness (QED) is 0.0299. The summed E-state index contributed by atoms with van der Waals surface area (Å²) in [6.45, 7) is 5.10. The van der Waals surface area contributed by atoms with Gasteiger partial charge in [-0.15, -0.1) is 24.0 Å². The van der Waals surface area contributed by atoms with Gasteiger partial charge in [-0.25, -0.2) is 26.8 Å². The number of fused-ring (bicyclic) bond motifs is 2. The van der Waals surface area contributed by atoms with E-state index in [0.717, 1.165) is 124 Å². The first-order valence-corrected chi connectivity index (χ1v) is 57.1. The Labute approximate surface area is 663 Å². The van der Waals surface area contributed by atoms with Crippen molar-refractivity contribution in [3.63, 3.8) is 0 Å². The van der Waals surface area contributed by atoms with Gasteiger partial charge in [0, 0.05) is 148 Å². The Kier molecular flexibility index (Phi) is 35.8. The van der Waals surface area contributed by atoms with Gasteiger partial charge in [0.05, 0.1) is 41.9 Å². The molecule has 4 saturated heterocycles. The van der Waals surface area contributed by atoms with Gasteiger partial charge in [0.25, 0.3) is 0 Å². The number of aliphatic carboxylic acids is 1. The zero-order valence-corrected chi connectivity index (χ0v) is 72.2. The average molecular weight is 2110 g/mol. The molecule has 2 saturated carbocycles. The first-order valence-electron chi connectivity index (χ1n) is 34.2. The molecule has 33 heteroatoms. The maximum atomic E-state index is 13.4. The molecule has 12 rings (SSSR count). The van der Waals surface area contributed by atoms with E-state index < -0.39 is 25.6 Å². The molecule has 0 radical (unpaired) electrons. The van der Waals surface area contributed by atoms with Crippen LogP contribution in [0.1, 0.15) is 116 Å². The van der Waals surface area contributed by atoms with Gasteiger partial charge in [-0.3, -0.25) is 29.0 Å². The number of amides is 2. The molecule has 25 nitrogen and oxygen atoms in total. The second-order valence-corrected chi connectivity index (χ2v) is 47.2. The summed E-state index contributed by atoms with van der Waals surface area (Å²) in [7, 11) is -2.20. The zero-order valence-electron chi connectivity index (χ0n) is 57.5. The van der Waals surface area contributed by atoms with Gasteiger partial charge < -0.3 is 54.0 Å². The summed E-state index contributed by atoms with van der Waals surface area (Å²) in [6.07, 6.45) is 23.6. The number of aliphatic hydroxyl groups excluding tert-OH is 1. The van der Waals surface area contributed by atoms with Crippen molar-refractivity contribution in [2.24, 2.45) is 11.8 Å². The van der Waals surface area contributed by atoms with Crippen LogP contribution in [-0.4, -0.2) is 226 Å². The Bertz CT molecular complexity index is 3850. The Morgan fingerprint density at radius 1 is 0.574 bits per heavy atom. The van der Waals surface area contributed by atoms with Crippen LogP contribution in [0.15, 0.2) is 85.5 Å².